The quantitative estimate of drug-likeness (QED) is 0.817. The largest absolute Gasteiger partial charge is 0.469 e. The van der Waals surface area contributed by atoms with Gasteiger partial charge in [0.1, 0.15) is 0 Å². The minimum atomic E-state index is 0.135. The van der Waals surface area contributed by atoms with Gasteiger partial charge in [-0.2, -0.15) is 0 Å². The topological polar surface area (TPSA) is 22.1 Å². The van der Waals surface area contributed by atoms with E-state index in [-0.39, 0.29) is 5.41 Å². The molecule has 1 aliphatic carbocycles. The highest BCUT2D eigenvalue weighted by Crippen LogP contribution is 2.40. The first-order chi connectivity index (χ1) is 9.15. The standard InChI is InChI=1S/C16H18NOS/c1-12-4-6-13(7-5-12)14-10-19-15(17-14)18-11-16(2)8-3-9-16/h4-7,10H,2-3,8-9,11H2,1H3. The lowest BCUT2D eigenvalue weighted by atomic mass is 9.71. The second-order valence-corrected chi connectivity index (χ2v) is 6.33. The number of aryl methyl sites for hydroxylation is 1. The first kappa shape index (κ1) is 12.7. The molecule has 0 unspecified atom stereocenters. The number of hydrogen-bond acceptors (Lipinski definition) is 3. The molecule has 1 aromatic heterocycles. The van der Waals surface area contributed by atoms with Crippen molar-refractivity contribution in [3.05, 3.63) is 42.1 Å². The van der Waals surface area contributed by atoms with E-state index in [2.05, 4.69) is 48.5 Å². The van der Waals surface area contributed by atoms with Crippen LogP contribution in [0.25, 0.3) is 11.3 Å². The van der Waals surface area contributed by atoms with Crippen molar-refractivity contribution in [3.8, 4) is 16.5 Å². The molecule has 3 heteroatoms. The van der Waals surface area contributed by atoms with Crippen molar-refractivity contribution < 1.29 is 4.74 Å². The van der Waals surface area contributed by atoms with Gasteiger partial charge in [0, 0.05) is 16.4 Å². The van der Waals surface area contributed by atoms with Crippen LogP contribution in [-0.4, -0.2) is 11.6 Å². The molecule has 0 N–H and O–H groups in total. The molecular weight excluding hydrogens is 254 g/mol. The molecule has 0 aliphatic heterocycles. The Morgan fingerprint density at radius 3 is 2.68 bits per heavy atom. The van der Waals surface area contributed by atoms with Crippen LogP contribution in [0, 0.1) is 19.3 Å². The van der Waals surface area contributed by atoms with Gasteiger partial charge < -0.3 is 4.74 Å². The molecule has 3 rings (SSSR count). The highest BCUT2D eigenvalue weighted by atomic mass is 32.1. The normalized spacial score (nSPS) is 16.9. The highest BCUT2D eigenvalue weighted by molar-refractivity contribution is 7.11. The van der Waals surface area contributed by atoms with Crippen LogP contribution in [0.4, 0.5) is 0 Å². The minimum absolute atomic E-state index is 0.135. The molecule has 19 heavy (non-hydrogen) atoms. The molecule has 0 saturated heterocycles. The van der Waals surface area contributed by atoms with Gasteiger partial charge in [-0.3, -0.25) is 0 Å². The van der Waals surface area contributed by atoms with Gasteiger partial charge >= 0.3 is 0 Å². The summed E-state index contributed by atoms with van der Waals surface area (Å²) in [6, 6.07) is 8.41. The van der Waals surface area contributed by atoms with Crippen LogP contribution in [0.15, 0.2) is 29.6 Å². The Hall–Kier alpha value is -1.35. The summed E-state index contributed by atoms with van der Waals surface area (Å²) in [6.07, 6.45) is 3.62. The Morgan fingerprint density at radius 1 is 1.32 bits per heavy atom. The molecule has 0 bridgehead atoms. The van der Waals surface area contributed by atoms with Crippen molar-refractivity contribution in [2.75, 3.05) is 6.61 Å². The fourth-order valence-corrected chi connectivity index (χ4v) is 2.90. The van der Waals surface area contributed by atoms with Crippen molar-refractivity contribution in [1.82, 2.24) is 4.98 Å². The Morgan fingerprint density at radius 2 is 2.05 bits per heavy atom. The molecule has 1 aromatic carbocycles. The number of aromatic nitrogens is 1. The van der Waals surface area contributed by atoms with E-state index >= 15 is 0 Å². The Balaban J connectivity index is 1.67. The first-order valence-corrected chi connectivity index (χ1v) is 7.53. The van der Waals surface area contributed by atoms with Gasteiger partial charge in [0.15, 0.2) is 0 Å². The van der Waals surface area contributed by atoms with E-state index in [9.17, 15) is 0 Å². The Labute approximate surface area is 118 Å². The van der Waals surface area contributed by atoms with Gasteiger partial charge in [0.2, 0.25) is 0 Å². The predicted molar refractivity (Wildman–Crippen MR) is 79.4 cm³/mol. The van der Waals surface area contributed by atoms with E-state index in [1.165, 1.54) is 24.8 Å². The third kappa shape index (κ3) is 2.81. The molecule has 1 heterocycles. The lowest BCUT2D eigenvalue weighted by Gasteiger charge is -2.37. The van der Waals surface area contributed by atoms with Gasteiger partial charge in [-0.05, 0) is 26.7 Å². The summed E-state index contributed by atoms with van der Waals surface area (Å²) in [5.74, 6) is 0. The second-order valence-electron chi connectivity index (χ2n) is 5.51. The van der Waals surface area contributed by atoms with Crippen molar-refractivity contribution >= 4 is 11.3 Å². The van der Waals surface area contributed by atoms with E-state index in [1.807, 2.05) is 0 Å². The minimum Gasteiger partial charge on any atom is -0.469 e. The molecule has 0 spiro atoms. The lowest BCUT2D eigenvalue weighted by Crippen LogP contribution is -2.32. The number of nitrogens with zero attached hydrogens (tertiary/aromatic N) is 1. The van der Waals surface area contributed by atoms with Gasteiger partial charge in [0.25, 0.3) is 5.19 Å². The highest BCUT2D eigenvalue weighted by Gasteiger charge is 2.32. The van der Waals surface area contributed by atoms with Gasteiger partial charge in [-0.1, -0.05) is 47.6 Å². The van der Waals surface area contributed by atoms with Crippen LogP contribution >= 0.6 is 11.3 Å². The summed E-state index contributed by atoms with van der Waals surface area (Å²) >= 11 is 1.56. The number of hydrogen-bond donors (Lipinski definition) is 0. The monoisotopic (exact) mass is 272 g/mol. The van der Waals surface area contributed by atoms with Crippen LogP contribution in [0.5, 0.6) is 5.19 Å². The van der Waals surface area contributed by atoms with Crippen LogP contribution in [0.2, 0.25) is 0 Å². The predicted octanol–water partition coefficient (Wildman–Crippen LogP) is 4.50. The van der Waals surface area contributed by atoms with Crippen molar-refractivity contribution in [1.29, 1.82) is 0 Å². The van der Waals surface area contributed by atoms with Gasteiger partial charge in [0.05, 0.1) is 12.3 Å². The molecule has 2 nitrogen and oxygen atoms in total. The summed E-state index contributed by atoms with van der Waals surface area (Å²) in [7, 11) is 0. The Bertz CT molecular complexity index is 554. The number of ether oxygens (including phenoxy) is 1. The van der Waals surface area contributed by atoms with Crippen LogP contribution < -0.4 is 4.74 Å². The second kappa shape index (κ2) is 4.97. The molecule has 2 aromatic rings. The van der Waals surface area contributed by atoms with E-state index < -0.39 is 0 Å². The van der Waals surface area contributed by atoms with E-state index in [0.29, 0.717) is 6.61 Å². The lowest BCUT2D eigenvalue weighted by molar-refractivity contribution is 0.104. The maximum atomic E-state index is 5.78. The zero-order valence-electron chi connectivity index (χ0n) is 11.2. The first-order valence-electron chi connectivity index (χ1n) is 6.65. The Kier molecular flexibility index (Phi) is 3.31. The maximum Gasteiger partial charge on any atom is 0.273 e. The molecule has 0 atom stereocenters. The number of thiazole rings is 1. The average molecular weight is 272 g/mol. The third-order valence-electron chi connectivity index (χ3n) is 3.75. The SMILES string of the molecule is [CH2]C1(COc2nc(-c3ccc(C)cc3)cs2)CCC1. The van der Waals surface area contributed by atoms with Crippen LogP contribution in [0.1, 0.15) is 24.8 Å². The van der Waals surface area contributed by atoms with E-state index in [1.54, 1.807) is 11.3 Å². The fourth-order valence-electron chi connectivity index (χ4n) is 2.22. The number of rotatable bonds is 4. The maximum absolute atomic E-state index is 5.78. The smallest absolute Gasteiger partial charge is 0.273 e. The molecule has 1 radical (unpaired) electrons. The molecular formula is C16H18NOS. The molecule has 99 valence electrons. The summed E-state index contributed by atoms with van der Waals surface area (Å²) in [4.78, 5) is 4.54. The zero-order chi connectivity index (χ0) is 13.3. The van der Waals surface area contributed by atoms with Crippen LogP contribution in [-0.2, 0) is 0 Å². The van der Waals surface area contributed by atoms with Gasteiger partial charge in [-0.15, -0.1) is 0 Å². The summed E-state index contributed by atoms with van der Waals surface area (Å²) < 4.78 is 5.78. The number of benzene rings is 1. The summed E-state index contributed by atoms with van der Waals surface area (Å²) in [6.45, 7) is 6.99. The summed E-state index contributed by atoms with van der Waals surface area (Å²) in [5, 5.41) is 2.81. The van der Waals surface area contributed by atoms with Gasteiger partial charge in [-0.25, -0.2) is 4.98 Å². The zero-order valence-corrected chi connectivity index (χ0v) is 12.0. The van der Waals surface area contributed by atoms with E-state index in [4.69, 9.17) is 4.74 Å². The molecule has 1 aliphatic rings. The van der Waals surface area contributed by atoms with Crippen LogP contribution in [0.3, 0.4) is 0 Å². The molecule has 0 amide bonds. The average Bonchev–Trinajstić information content (AvgIpc) is 2.84. The van der Waals surface area contributed by atoms with Crippen molar-refractivity contribution in [2.24, 2.45) is 5.41 Å². The fraction of sp³-hybridized carbons (Fsp3) is 0.375. The molecule has 1 fully saturated rings. The van der Waals surface area contributed by atoms with Crippen molar-refractivity contribution in [3.63, 3.8) is 0 Å². The third-order valence-corrected chi connectivity index (χ3v) is 4.50. The van der Waals surface area contributed by atoms with Crippen molar-refractivity contribution in [2.45, 2.75) is 26.2 Å². The summed E-state index contributed by atoms with van der Waals surface area (Å²) in [5.41, 5.74) is 3.53. The van der Waals surface area contributed by atoms with E-state index in [0.717, 1.165) is 16.5 Å². The molecule has 1 saturated carbocycles.